The molecule has 2 heterocycles. The molecule has 0 aliphatic rings. The molecular weight excluding hydrogens is 494 g/mol. The average Bonchev–Trinajstić information content (AvgIpc) is 3.34. The summed E-state index contributed by atoms with van der Waals surface area (Å²) in [6, 6.07) is 16.6. The van der Waals surface area contributed by atoms with Crippen LogP contribution in [-0.2, 0) is 13.3 Å². The summed E-state index contributed by atoms with van der Waals surface area (Å²) >= 11 is 9.35. The number of carbonyl (C=O) groups is 1. The first-order valence-corrected chi connectivity index (χ1v) is 11.1. The highest BCUT2D eigenvalue weighted by Crippen LogP contribution is 2.28. The van der Waals surface area contributed by atoms with Gasteiger partial charge >= 0.3 is 0 Å². The van der Waals surface area contributed by atoms with E-state index < -0.39 is 0 Å². The minimum absolute atomic E-state index is 0.158. The van der Waals surface area contributed by atoms with E-state index in [1.165, 1.54) is 0 Å². The van der Waals surface area contributed by atoms with Gasteiger partial charge in [-0.25, -0.2) is 4.68 Å². The van der Waals surface area contributed by atoms with E-state index >= 15 is 0 Å². The molecule has 2 aromatic heterocycles. The average molecular weight is 515 g/mol. The van der Waals surface area contributed by atoms with Crippen LogP contribution in [0.5, 0.6) is 5.75 Å². The van der Waals surface area contributed by atoms with Gasteiger partial charge < -0.3 is 10.1 Å². The van der Waals surface area contributed by atoms with E-state index in [2.05, 4.69) is 31.4 Å². The van der Waals surface area contributed by atoms with Gasteiger partial charge in [-0.3, -0.25) is 9.48 Å². The highest BCUT2D eigenvalue weighted by atomic mass is 79.9. The summed E-state index contributed by atoms with van der Waals surface area (Å²) in [5.41, 5.74) is 4.12. The second-order valence-corrected chi connectivity index (χ2v) is 8.62. The Morgan fingerprint density at radius 3 is 2.72 bits per heavy atom. The lowest BCUT2D eigenvalue weighted by Crippen LogP contribution is -2.14. The van der Waals surface area contributed by atoms with E-state index in [4.69, 9.17) is 16.3 Å². The molecule has 0 unspecified atom stereocenters. The fourth-order valence-corrected chi connectivity index (χ4v) is 4.03. The summed E-state index contributed by atoms with van der Waals surface area (Å²) in [6.07, 6.45) is 1.69. The fourth-order valence-electron chi connectivity index (χ4n) is 3.23. The molecule has 0 bridgehead atoms. The van der Waals surface area contributed by atoms with Crippen molar-refractivity contribution >= 4 is 39.1 Å². The molecule has 0 fully saturated rings. The molecule has 2 aromatic carbocycles. The monoisotopic (exact) mass is 513 g/mol. The van der Waals surface area contributed by atoms with E-state index in [0.29, 0.717) is 28.7 Å². The van der Waals surface area contributed by atoms with Crippen molar-refractivity contribution in [1.82, 2.24) is 19.6 Å². The minimum Gasteiger partial charge on any atom is -0.470 e. The molecule has 0 atom stereocenters. The normalized spacial score (nSPS) is 10.9. The van der Waals surface area contributed by atoms with Gasteiger partial charge in [0, 0.05) is 22.6 Å². The highest BCUT2D eigenvalue weighted by Gasteiger charge is 2.11. The number of rotatable bonds is 7. The van der Waals surface area contributed by atoms with Crippen molar-refractivity contribution in [3.8, 4) is 5.75 Å². The molecule has 0 aliphatic heterocycles. The lowest BCUT2D eigenvalue weighted by atomic mass is 10.2. The lowest BCUT2D eigenvalue weighted by molar-refractivity contribution is 0.102. The van der Waals surface area contributed by atoms with E-state index in [9.17, 15) is 4.79 Å². The van der Waals surface area contributed by atoms with E-state index in [1.807, 2.05) is 48.9 Å². The smallest absolute Gasteiger partial charge is 0.276 e. The molecule has 4 aromatic rings. The molecule has 4 rings (SSSR count). The van der Waals surface area contributed by atoms with Gasteiger partial charge in [-0.1, -0.05) is 23.7 Å². The number of nitrogens with zero attached hydrogens (tertiary/aromatic N) is 4. The first kappa shape index (κ1) is 22.1. The zero-order chi connectivity index (χ0) is 22.7. The van der Waals surface area contributed by atoms with Crippen molar-refractivity contribution in [1.29, 1.82) is 0 Å². The number of halogens is 2. The molecule has 32 heavy (non-hydrogen) atoms. The number of nitrogens with one attached hydrogen (secondary N) is 1. The zero-order valence-corrected chi connectivity index (χ0v) is 19.9. The Hall–Kier alpha value is -3.10. The second kappa shape index (κ2) is 9.58. The van der Waals surface area contributed by atoms with Crippen molar-refractivity contribution in [3.05, 3.63) is 92.9 Å². The van der Waals surface area contributed by atoms with Crippen molar-refractivity contribution in [3.63, 3.8) is 0 Å². The molecule has 1 amide bonds. The van der Waals surface area contributed by atoms with Gasteiger partial charge in [-0.05, 0) is 77.8 Å². The summed E-state index contributed by atoms with van der Waals surface area (Å²) in [5, 5.41) is 12.3. The maximum absolute atomic E-state index is 12.7. The molecule has 7 nitrogen and oxygen atoms in total. The van der Waals surface area contributed by atoms with Gasteiger partial charge in [-0.2, -0.15) is 10.2 Å². The van der Waals surface area contributed by atoms with Crippen LogP contribution >= 0.6 is 27.5 Å². The number of benzene rings is 2. The van der Waals surface area contributed by atoms with Crippen LogP contribution < -0.4 is 10.1 Å². The van der Waals surface area contributed by atoms with Gasteiger partial charge in [0.1, 0.15) is 5.75 Å². The molecule has 0 radical (unpaired) electrons. The Morgan fingerprint density at radius 2 is 1.97 bits per heavy atom. The first-order valence-electron chi connectivity index (χ1n) is 9.90. The van der Waals surface area contributed by atoms with Gasteiger partial charge in [0.2, 0.25) is 0 Å². The highest BCUT2D eigenvalue weighted by molar-refractivity contribution is 9.10. The third-order valence-corrected chi connectivity index (χ3v) is 5.59. The third kappa shape index (κ3) is 5.38. The Bertz CT molecular complexity index is 1270. The summed E-state index contributed by atoms with van der Waals surface area (Å²) in [6.45, 7) is 4.79. The van der Waals surface area contributed by atoms with Crippen LogP contribution in [-0.4, -0.2) is 25.5 Å². The van der Waals surface area contributed by atoms with Crippen LogP contribution in [0.2, 0.25) is 5.02 Å². The predicted molar refractivity (Wildman–Crippen MR) is 127 cm³/mol. The maximum atomic E-state index is 12.7. The molecule has 0 saturated carbocycles. The topological polar surface area (TPSA) is 74.0 Å². The van der Waals surface area contributed by atoms with E-state index in [1.54, 1.807) is 35.1 Å². The number of anilines is 1. The standard InChI is InChI=1S/C23H21BrClN5O2/c1-15-10-16(2)30(27-15)13-17-4-3-5-19(11-17)26-23(31)21-8-9-29(28-21)14-32-22-7-6-18(25)12-20(22)24/h3-12H,13-14H2,1-2H3,(H,26,31). The van der Waals surface area contributed by atoms with Gasteiger partial charge in [-0.15, -0.1) is 0 Å². The van der Waals surface area contributed by atoms with Crippen LogP contribution in [0, 0.1) is 13.8 Å². The number of aromatic nitrogens is 4. The number of amides is 1. The number of hydrogen-bond acceptors (Lipinski definition) is 4. The lowest BCUT2D eigenvalue weighted by Gasteiger charge is -2.09. The van der Waals surface area contributed by atoms with Crippen molar-refractivity contribution < 1.29 is 9.53 Å². The Balaban J connectivity index is 1.38. The minimum atomic E-state index is -0.292. The molecule has 0 aliphatic carbocycles. The number of ether oxygens (including phenoxy) is 1. The van der Waals surface area contributed by atoms with Crippen LogP contribution in [0.4, 0.5) is 5.69 Å². The zero-order valence-electron chi connectivity index (χ0n) is 17.5. The summed E-state index contributed by atoms with van der Waals surface area (Å²) in [4.78, 5) is 12.7. The van der Waals surface area contributed by atoms with Crippen LogP contribution in [0.15, 0.2) is 65.3 Å². The maximum Gasteiger partial charge on any atom is 0.276 e. The molecule has 9 heteroatoms. The van der Waals surface area contributed by atoms with Gasteiger partial charge in [0.15, 0.2) is 12.4 Å². The molecule has 1 N–H and O–H groups in total. The third-order valence-electron chi connectivity index (χ3n) is 4.74. The largest absolute Gasteiger partial charge is 0.470 e. The molecule has 0 saturated heterocycles. The molecular formula is C23H21BrClN5O2. The Labute approximate surface area is 199 Å². The Morgan fingerprint density at radius 1 is 1.12 bits per heavy atom. The van der Waals surface area contributed by atoms with Crippen LogP contribution in [0.1, 0.15) is 27.4 Å². The van der Waals surface area contributed by atoms with Crippen LogP contribution in [0.3, 0.4) is 0 Å². The van der Waals surface area contributed by atoms with E-state index in [-0.39, 0.29) is 12.6 Å². The van der Waals surface area contributed by atoms with Crippen LogP contribution in [0.25, 0.3) is 0 Å². The summed E-state index contributed by atoms with van der Waals surface area (Å²) in [5.74, 6) is 0.343. The number of aryl methyl sites for hydroxylation is 2. The van der Waals surface area contributed by atoms with Crippen molar-refractivity contribution in [2.24, 2.45) is 0 Å². The van der Waals surface area contributed by atoms with Gasteiger partial charge in [0.25, 0.3) is 5.91 Å². The first-order chi connectivity index (χ1) is 15.4. The van der Waals surface area contributed by atoms with Crippen molar-refractivity contribution in [2.75, 3.05) is 5.32 Å². The SMILES string of the molecule is Cc1cc(C)n(Cc2cccc(NC(=O)c3ccn(COc4ccc(Cl)cc4Br)n3)c2)n1. The number of carbonyl (C=O) groups excluding carboxylic acids is 1. The quantitative estimate of drug-likeness (QED) is 0.356. The summed E-state index contributed by atoms with van der Waals surface area (Å²) in [7, 11) is 0. The predicted octanol–water partition coefficient (Wildman–Crippen LogP) is 5.45. The number of hydrogen-bond donors (Lipinski definition) is 1. The van der Waals surface area contributed by atoms with Gasteiger partial charge in [0.05, 0.1) is 16.7 Å². The molecule has 164 valence electrons. The summed E-state index contributed by atoms with van der Waals surface area (Å²) < 4.78 is 9.97. The van der Waals surface area contributed by atoms with Crippen molar-refractivity contribution in [2.45, 2.75) is 27.1 Å². The molecule has 0 spiro atoms. The second-order valence-electron chi connectivity index (χ2n) is 7.33. The van der Waals surface area contributed by atoms with E-state index in [0.717, 1.165) is 21.4 Å². The fraction of sp³-hybridized carbons (Fsp3) is 0.174. The Kier molecular flexibility index (Phi) is 6.62.